The predicted molar refractivity (Wildman–Crippen MR) is 62.3 cm³/mol. The van der Waals surface area contributed by atoms with Gasteiger partial charge in [0.05, 0.1) is 5.25 Å². The highest BCUT2D eigenvalue weighted by atomic mass is 32.2. The molecule has 1 aromatic rings. The Labute approximate surface area is 101 Å². The SMILES string of the molecule is COCCC(Cc1ncc(C)cn1)S(=O)(=O)O. The van der Waals surface area contributed by atoms with E-state index in [1.165, 1.54) is 7.11 Å². The lowest BCUT2D eigenvalue weighted by Gasteiger charge is -2.12. The summed E-state index contributed by atoms with van der Waals surface area (Å²) in [6.45, 7) is 2.10. The largest absolute Gasteiger partial charge is 0.385 e. The van der Waals surface area contributed by atoms with E-state index in [9.17, 15) is 8.42 Å². The molecular formula is C10H16N2O4S. The second kappa shape index (κ2) is 6.04. The van der Waals surface area contributed by atoms with Gasteiger partial charge in [-0.05, 0) is 18.9 Å². The average Bonchev–Trinajstić information content (AvgIpc) is 2.25. The summed E-state index contributed by atoms with van der Waals surface area (Å²) >= 11 is 0. The van der Waals surface area contributed by atoms with E-state index < -0.39 is 15.4 Å². The van der Waals surface area contributed by atoms with Crippen LogP contribution in [0.3, 0.4) is 0 Å². The summed E-state index contributed by atoms with van der Waals surface area (Å²) in [5, 5.41) is -0.926. The van der Waals surface area contributed by atoms with Gasteiger partial charge in [-0.15, -0.1) is 0 Å². The molecule has 1 rings (SSSR count). The van der Waals surface area contributed by atoms with Crippen LogP contribution in [0.15, 0.2) is 12.4 Å². The number of aromatic nitrogens is 2. The molecule has 7 heteroatoms. The first-order valence-corrected chi connectivity index (χ1v) is 6.66. The number of hydrogen-bond acceptors (Lipinski definition) is 5. The quantitative estimate of drug-likeness (QED) is 0.754. The number of rotatable bonds is 6. The zero-order valence-electron chi connectivity index (χ0n) is 9.83. The van der Waals surface area contributed by atoms with Crippen molar-refractivity contribution in [3.8, 4) is 0 Å². The fourth-order valence-electron chi connectivity index (χ4n) is 1.33. The second-order valence-corrected chi connectivity index (χ2v) is 5.50. The van der Waals surface area contributed by atoms with Crippen molar-refractivity contribution in [1.29, 1.82) is 0 Å². The van der Waals surface area contributed by atoms with Crippen molar-refractivity contribution in [2.45, 2.75) is 25.0 Å². The zero-order valence-corrected chi connectivity index (χ0v) is 10.6. The van der Waals surface area contributed by atoms with Crippen molar-refractivity contribution in [1.82, 2.24) is 9.97 Å². The van der Waals surface area contributed by atoms with Crippen molar-refractivity contribution in [2.24, 2.45) is 0 Å². The van der Waals surface area contributed by atoms with E-state index >= 15 is 0 Å². The highest BCUT2D eigenvalue weighted by molar-refractivity contribution is 7.86. The molecule has 96 valence electrons. The van der Waals surface area contributed by atoms with E-state index in [0.717, 1.165) is 5.56 Å². The molecule has 0 amide bonds. The maximum Gasteiger partial charge on any atom is 0.268 e. The van der Waals surface area contributed by atoms with Gasteiger partial charge in [-0.2, -0.15) is 8.42 Å². The number of hydrogen-bond donors (Lipinski definition) is 1. The molecule has 0 spiro atoms. The van der Waals surface area contributed by atoms with Gasteiger partial charge in [0, 0.05) is 32.5 Å². The Hall–Kier alpha value is -1.05. The molecule has 0 saturated heterocycles. The average molecular weight is 260 g/mol. The third kappa shape index (κ3) is 4.76. The Morgan fingerprint density at radius 2 is 2.00 bits per heavy atom. The first-order valence-electron chi connectivity index (χ1n) is 5.16. The summed E-state index contributed by atoms with van der Waals surface area (Å²) in [5.41, 5.74) is 0.897. The Morgan fingerprint density at radius 3 is 2.47 bits per heavy atom. The maximum atomic E-state index is 11.2. The van der Waals surface area contributed by atoms with Gasteiger partial charge in [-0.25, -0.2) is 9.97 Å². The molecule has 1 N–H and O–H groups in total. The minimum atomic E-state index is -4.11. The van der Waals surface area contributed by atoms with Gasteiger partial charge in [-0.3, -0.25) is 4.55 Å². The van der Waals surface area contributed by atoms with E-state index in [2.05, 4.69) is 9.97 Å². The van der Waals surface area contributed by atoms with Gasteiger partial charge < -0.3 is 4.74 Å². The van der Waals surface area contributed by atoms with Crippen LogP contribution >= 0.6 is 0 Å². The zero-order chi connectivity index (χ0) is 12.9. The molecular weight excluding hydrogens is 244 g/mol. The molecule has 17 heavy (non-hydrogen) atoms. The summed E-state index contributed by atoms with van der Waals surface area (Å²) in [5.74, 6) is 0.398. The lowest BCUT2D eigenvalue weighted by Crippen LogP contribution is -2.25. The number of methoxy groups -OCH3 is 1. The summed E-state index contributed by atoms with van der Waals surface area (Å²) in [7, 11) is -2.63. The predicted octanol–water partition coefficient (Wildman–Crippen LogP) is 0.620. The fraction of sp³-hybridized carbons (Fsp3) is 0.600. The minimum Gasteiger partial charge on any atom is -0.385 e. The van der Waals surface area contributed by atoms with E-state index in [1.54, 1.807) is 12.4 Å². The van der Waals surface area contributed by atoms with Crippen LogP contribution < -0.4 is 0 Å². The summed E-state index contributed by atoms with van der Waals surface area (Å²) in [4.78, 5) is 8.02. The van der Waals surface area contributed by atoms with Crippen molar-refractivity contribution < 1.29 is 17.7 Å². The lowest BCUT2D eigenvalue weighted by molar-refractivity contribution is 0.192. The van der Waals surface area contributed by atoms with Gasteiger partial charge in [-0.1, -0.05) is 0 Å². The van der Waals surface area contributed by atoms with Crippen LogP contribution in [0.1, 0.15) is 17.8 Å². The van der Waals surface area contributed by atoms with Gasteiger partial charge in [0.25, 0.3) is 10.1 Å². The van der Waals surface area contributed by atoms with Crippen LogP contribution in [-0.4, -0.2) is 41.9 Å². The Morgan fingerprint density at radius 1 is 1.41 bits per heavy atom. The first kappa shape index (κ1) is 14.0. The van der Waals surface area contributed by atoms with Crippen molar-refractivity contribution in [3.05, 3.63) is 23.8 Å². The van der Waals surface area contributed by atoms with E-state index in [-0.39, 0.29) is 19.4 Å². The minimum absolute atomic E-state index is 0.0858. The monoisotopic (exact) mass is 260 g/mol. The van der Waals surface area contributed by atoms with Crippen LogP contribution in [0.25, 0.3) is 0 Å². The third-order valence-electron chi connectivity index (χ3n) is 2.31. The Bertz CT molecular complexity index is 444. The maximum absolute atomic E-state index is 11.2. The summed E-state index contributed by atoms with van der Waals surface area (Å²) in [6, 6.07) is 0. The molecule has 0 saturated carbocycles. The lowest BCUT2D eigenvalue weighted by atomic mass is 10.2. The normalized spacial score (nSPS) is 13.6. The highest BCUT2D eigenvalue weighted by Crippen LogP contribution is 2.10. The van der Waals surface area contributed by atoms with Crippen LogP contribution in [0.5, 0.6) is 0 Å². The van der Waals surface area contributed by atoms with Crippen molar-refractivity contribution >= 4 is 10.1 Å². The van der Waals surface area contributed by atoms with Crippen molar-refractivity contribution in [3.63, 3.8) is 0 Å². The van der Waals surface area contributed by atoms with Crippen molar-refractivity contribution in [2.75, 3.05) is 13.7 Å². The standard InChI is InChI=1S/C10H16N2O4S/c1-8-6-11-10(12-7-8)5-9(3-4-16-2)17(13,14)15/h6-7,9H,3-5H2,1-2H3,(H,13,14,15). The van der Waals surface area contributed by atoms with Crippen LogP contribution in [0.2, 0.25) is 0 Å². The molecule has 0 aromatic carbocycles. The molecule has 1 unspecified atom stereocenters. The first-order chi connectivity index (χ1) is 7.93. The summed E-state index contributed by atoms with van der Waals surface area (Å²) in [6.07, 6.45) is 3.52. The van der Waals surface area contributed by atoms with Crippen LogP contribution in [0, 0.1) is 6.92 Å². The van der Waals surface area contributed by atoms with Gasteiger partial charge in [0.15, 0.2) is 0 Å². The second-order valence-electron chi connectivity index (χ2n) is 3.80. The van der Waals surface area contributed by atoms with E-state index in [0.29, 0.717) is 5.82 Å². The summed E-state index contributed by atoms with van der Waals surface area (Å²) < 4.78 is 36.2. The molecule has 0 aliphatic carbocycles. The molecule has 1 aromatic heterocycles. The van der Waals surface area contributed by atoms with E-state index in [1.807, 2.05) is 6.92 Å². The van der Waals surface area contributed by atoms with E-state index in [4.69, 9.17) is 9.29 Å². The molecule has 0 fully saturated rings. The molecule has 0 radical (unpaired) electrons. The fourth-order valence-corrected chi connectivity index (χ4v) is 2.09. The van der Waals surface area contributed by atoms with Crippen LogP contribution in [0.4, 0.5) is 0 Å². The third-order valence-corrected chi connectivity index (χ3v) is 3.55. The van der Waals surface area contributed by atoms with Gasteiger partial charge in [0.2, 0.25) is 0 Å². The van der Waals surface area contributed by atoms with Gasteiger partial charge >= 0.3 is 0 Å². The molecule has 0 bridgehead atoms. The number of nitrogens with zero attached hydrogens (tertiary/aromatic N) is 2. The molecule has 6 nitrogen and oxygen atoms in total. The smallest absolute Gasteiger partial charge is 0.268 e. The Kier molecular flexibility index (Phi) is 4.98. The molecule has 0 aliphatic rings. The highest BCUT2D eigenvalue weighted by Gasteiger charge is 2.24. The number of ether oxygens (including phenoxy) is 1. The van der Waals surface area contributed by atoms with Crippen LogP contribution in [-0.2, 0) is 21.3 Å². The van der Waals surface area contributed by atoms with Gasteiger partial charge in [0.1, 0.15) is 5.82 Å². The molecule has 1 atom stereocenters. The topological polar surface area (TPSA) is 89.4 Å². The number of aryl methyl sites for hydroxylation is 1. The molecule has 1 heterocycles. The Balaban J connectivity index is 2.76. The molecule has 0 aliphatic heterocycles.